The Morgan fingerprint density at radius 1 is 1.33 bits per heavy atom. The van der Waals surface area contributed by atoms with Gasteiger partial charge < -0.3 is 5.32 Å². The molecule has 1 saturated heterocycles. The van der Waals surface area contributed by atoms with E-state index in [4.69, 9.17) is 0 Å². The highest BCUT2D eigenvalue weighted by Crippen LogP contribution is 2.21. The van der Waals surface area contributed by atoms with Crippen LogP contribution in [0.3, 0.4) is 0 Å². The quantitative estimate of drug-likeness (QED) is 0.677. The smallest absolute Gasteiger partial charge is 0.0270 e. The van der Waals surface area contributed by atoms with E-state index in [-0.39, 0.29) is 0 Å². The molecule has 0 saturated carbocycles. The fourth-order valence-corrected chi connectivity index (χ4v) is 1.77. The van der Waals surface area contributed by atoms with Gasteiger partial charge in [0, 0.05) is 18.9 Å². The van der Waals surface area contributed by atoms with E-state index in [0.29, 0.717) is 5.92 Å². The van der Waals surface area contributed by atoms with Crippen molar-refractivity contribution in [2.45, 2.75) is 18.8 Å². The molecule has 12 heavy (non-hydrogen) atoms. The molecule has 1 aromatic heterocycles. The van der Waals surface area contributed by atoms with E-state index in [9.17, 15) is 0 Å². The fraction of sp³-hybridized carbons (Fsp3) is 0.500. The van der Waals surface area contributed by atoms with Crippen LogP contribution in [0.4, 0.5) is 0 Å². The summed E-state index contributed by atoms with van der Waals surface area (Å²) in [4.78, 5) is 4.02. The zero-order valence-corrected chi connectivity index (χ0v) is 7.16. The standard InChI is InChI=1S/C10H14N2/c1-2-10(8-12-5-1)9-3-6-11-7-4-9/h3-4,6-7,10,12H,1-2,5,8H2/t10-/m1/s1. The average molecular weight is 162 g/mol. The van der Waals surface area contributed by atoms with Gasteiger partial charge in [0.15, 0.2) is 0 Å². The second kappa shape index (κ2) is 3.68. The molecular weight excluding hydrogens is 148 g/mol. The lowest BCUT2D eigenvalue weighted by molar-refractivity contribution is 0.461. The minimum atomic E-state index is 0.710. The largest absolute Gasteiger partial charge is 0.316 e. The molecule has 1 fully saturated rings. The predicted molar refractivity (Wildman–Crippen MR) is 49.1 cm³/mol. The third-order valence-electron chi connectivity index (χ3n) is 2.47. The number of hydrogen-bond acceptors (Lipinski definition) is 2. The SMILES string of the molecule is c1cc([C@@H]2CCCNC2)ccn1. The molecule has 2 nitrogen and oxygen atoms in total. The van der Waals surface area contributed by atoms with Gasteiger partial charge in [-0.1, -0.05) is 0 Å². The topological polar surface area (TPSA) is 24.9 Å². The van der Waals surface area contributed by atoms with Gasteiger partial charge in [-0.05, 0) is 43.0 Å². The molecule has 1 aliphatic rings. The van der Waals surface area contributed by atoms with Crippen LogP contribution in [-0.2, 0) is 0 Å². The average Bonchev–Trinajstić information content (AvgIpc) is 2.21. The van der Waals surface area contributed by atoms with Crippen LogP contribution in [0, 0.1) is 0 Å². The monoisotopic (exact) mass is 162 g/mol. The van der Waals surface area contributed by atoms with E-state index in [0.717, 1.165) is 6.54 Å². The van der Waals surface area contributed by atoms with Crippen LogP contribution in [0.2, 0.25) is 0 Å². The summed E-state index contributed by atoms with van der Waals surface area (Å²) in [6, 6.07) is 4.25. The molecule has 64 valence electrons. The third-order valence-corrected chi connectivity index (χ3v) is 2.47. The summed E-state index contributed by atoms with van der Waals surface area (Å²) >= 11 is 0. The summed E-state index contributed by atoms with van der Waals surface area (Å²) in [5.74, 6) is 0.710. The van der Waals surface area contributed by atoms with Gasteiger partial charge in [-0.2, -0.15) is 0 Å². The zero-order valence-electron chi connectivity index (χ0n) is 7.16. The van der Waals surface area contributed by atoms with Gasteiger partial charge in [-0.3, -0.25) is 4.98 Å². The van der Waals surface area contributed by atoms with Crippen molar-refractivity contribution < 1.29 is 0 Å². The first-order valence-electron chi connectivity index (χ1n) is 4.57. The van der Waals surface area contributed by atoms with Gasteiger partial charge in [-0.25, -0.2) is 0 Å². The second-order valence-corrected chi connectivity index (χ2v) is 3.32. The first-order chi connectivity index (χ1) is 5.97. The van der Waals surface area contributed by atoms with E-state index < -0.39 is 0 Å². The molecular formula is C10H14N2. The van der Waals surface area contributed by atoms with Gasteiger partial charge in [0.1, 0.15) is 0 Å². The summed E-state index contributed by atoms with van der Waals surface area (Å²) in [7, 11) is 0. The number of rotatable bonds is 1. The highest BCUT2D eigenvalue weighted by molar-refractivity contribution is 5.16. The lowest BCUT2D eigenvalue weighted by Crippen LogP contribution is -2.28. The lowest BCUT2D eigenvalue weighted by atomic mass is 9.93. The molecule has 0 aromatic carbocycles. The van der Waals surface area contributed by atoms with Crippen LogP contribution in [-0.4, -0.2) is 18.1 Å². The van der Waals surface area contributed by atoms with E-state index in [1.807, 2.05) is 12.4 Å². The number of pyridine rings is 1. The van der Waals surface area contributed by atoms with Crippen molar-refractivity contribution in [1.29, 1.82) is 0 Å². The Bertz CT molecular complexity index is 227. The second-order valence-electron chi connectivity index (χ2n) is 3.32. The summed E-state index contributed by atoms with van der Waals surface area (Å²) in [6.07, 6.45) is 6.37. The van der Waals surface area contributed by atoms with Crippen LogP contribution in [0.25, 0.3) is 0 Å². The first-order valence-corrected chi connectivity index (χ1v) is 4.57. The Morgan fingerprint density at radius 3 is 2.83 bits per heavy atom. The summed E-state index contributed by atoms with van der Waals surface area (Å²) < 4.78 is 0. The first kappa shape index (κ1) is 7.74. The van der Waals surface area contributed by atoms with Crippen LogP contribution >= 0.6 is 0 Å². The fourth-order valence-electron chi connectivity index (χ4n) is 1.77. The van der Waals surface area contributed by atoms with E-state index in [2.05, 4.69) is 22.4 Å². The number of piperidine rings is 1. The molecule has 0 radical (unpaired) electrons. The number of hydrogen-bond donors (Lipinski definition) is 1. The molecule has 1 N–H and O–H groups in total. The minimum absolute atomic E-state index is 0.710. The molecule has 0 amide bonds. The number of nitrogens with one attached hydrogen (secondary N) is 1. The van der Waals surface area contributed by atoms with Crippen molar-refractivity contribution in [2.24, 2.45) is 0 Å². The molecule has 1 atom stereocenters. The molecule has 0 spiro atoms. The van der Waals surface area contributed by atoms with Crippen LogP contribution in [0.5, 0.6) is 0 Å². The maximum Gasteiger partial charge on any atom is 0.0270 e. The van der Waals surface area contributed by atoms with Gasteiger partial charge in [0.25, 0.3) is 0 Å². The van der Waals surface area contributed by atoms with Gasteiger partial charge in [0.05, 0.1) is 0 Å². The maximum absolute atomic E-state index is 4.02. The Kier molecular flexibility index (Phi) is 2.37. The molecule has 0 bridgehead atoms. The molecule has 2 heteroatoms. The van der Waals surface area contributed by atoms with Crippen LogP contribution in [0.15, 0.2) is 24.5 Å². The maximum atomic E-state index is 4.02. The Morgan fingerprint density at radius 2 is 2.17 bits per heavy atom. The van der Waals surface area contributed by atoms with Crippen molar-refractivity contribution in [3.63, 3.8) is 0 Å². The van der Waals surface area contributed by atoms with Gasteiger partial charge in [0.2, 0.25) is 0 Å². The van der Waals surface area contributed by atoms with Crippen molar-refractivity contribution in [1.82, 2.24) is 10.3 Å². The van der Waals surface area contributed by atoms with E-state index in [1.54, 1.807) is 0 Å². The Hall–Kier alpha value is -0.890. The molecule has 2 heterocycles. The Labute approximate surface area is 73.0 Å². The zero-order chi connectivity index (χ0) is 8.23. The van der Waals surface area contributed by atoms with Gasteiger partial charge >= 0.3 is 0 Å². The van der Waals surface area contributed by atoms with Crippen molar-refractivity contribution >= 4 is 0 Å². The van der Waals surface area contributed by atoms with Crippen molar-refractivity contribution in [3.05, 3.63) is 30.1 Å². The van der Waals surface area contributed by atoms with E-state index >= 15 is 0 Å². The predicted octanol–water partition coefficient (Wildman–Crippen LogP) is 1.55. The Balaban J connectivity index is 2.08. The highest BCUT2D eigenvalue weighted by Gasteiger charge is 2.13. The number of aromatic nitrogens is 1. The molecule has 2 rings (SSSR count). The summed E-state index contributed by atoms with van der Waals surface area (Å²) in [6.45, 7) is 2.31. The van der Waals surface area contributed by atoms with Gasteiger partial charge in [-0.15, -0.1) is 0 Å². The number of nitrogens with zero attached hydrogens (tertiary/aromatic N) is 1. The van der Waals surface area contributed by atoms with Crippen LogP contribution in [0.1, 0.15) is 24.3 Å². The van der Waals surface area contributed by atoms with Crippen molar-refractivity contribution in [2.75, 3.05) is 13.1 Å². The molecule has 1 aliphatic heterocycles. The third kappa shape index (κ3) is 1.64. The lowest BCUT2D eigenvalue weighted by Gasteiger charge is -2.22. The highest BCUT2D eigenvalue weighted by atomic mass is 14.9. The minimum Gasteiger partial charge on any atom is -0.316 e. The normalized spacial score (nSPS) is 23.8. The summed E-state index contributed by atoms with van der Waals surface area (Å²) in [5.41, 5.74) is 1.43. The molecule has 0 aliphatic carbocycles. The van der Waals surface area contributed by atoms with Crippen molar-refractivity contribution in [3.8, 4) is 0 Å². The van der Waals surface area contributed by atoms with E-state index in [1.165, 1.54) is 24.9 Å². The molecule has 1 aromatic rings. The van der Waals surface area contributed by atoms with Crippen LogP contribution < -0.4 is 5.32 Å². The summed E-state index contributed by atoms with van der Waals surface area (Å²) in [5, 5.41) is 3.41. The molecule has 0 unspecified atom stereocenters.